The van der Waals surface area contributed by atoms with Gasteiger partial charge in [0.15, 0.2) is 0 Å². The standard InChI is InChI=1S/C13H19NO.ClH/c1-9(2)13-12-5-4-11(15-3)8-10(12)6-7-14-13;/h4-5,8-9,13-14H,6-7H2,1-3H3;1H. The van der Waals surface area contributed by atoms with E-state index in [2.05, 4.69) is 37.4 Å². The van der Waals surface area contributed by atoms with Crippen molar-refractivity contribution >= 4 is 12.4 Å². The molecule has 2 nitrogen and oxygen atoms in total. The Morgan fingerprint density at radius 1 is 1.38 bits per heavy atom. The third kappa shape index (κ3) is 2.50. The van der Waals surface area contributed by atoms with Crippen LogP contribution in [-0.4, -0.2) is 13.7 Å². The predicted octanol–water partition coefficient (Wildman–Crippen LogP) is 2.96. The van der Waals surface area contributed by atoms with Gasteiger partial charge in [0.05, 0.1) is 7.11 Å². The van der Waals surface area contributed by atoms with E-state index in [0.717, 1.165) is 18.7 Å². The Bertz CT molecular complexity index is 352. The minimum absolute atomic E-state index is 0. The van der Waals surface area contributed by atoms with Crippen molar-refractivity contribution in [2.75, 3.05) is 13.7 Å². The summed E-state index contributed by atoms with van der Waals surface area (Å²) >= 11 is 0. The average Bonchev–Trinajstić information content (AvgIpc) is 2.27. The van der Waals surface area contributed by atoms with Crippen molar-refractivity contribution in [1.82, 2.24) is 5.32 Å². The lowest BCUT2D eigenvalue weighted by Gasteiger charge is -2.30. The van der Waals surface area contributed by atoms with E-state index in [9.17, 15) is 0 Å². The summed E-state index contributed by atoms with van der Waals surface area (Å²) < 4.78 is 5.26. The van der Waals surface area contributed by atoms with Crippen LogP contribution in [0.15, 0.2) is 18.2 Å². The highest BCUT2D eigenvalue weighted by atomic mass is 35.5. The number of halogens is 1. The van der Waals surface area contributed by atoms with E-state index >= 15 is 0 Å². The molecule has 1 unspecified atom stereocenters. The largest absolute Gasteiger partial charge is 0.497 e. The lowest BCUT2D eigenvalue weighted by atomic mass is 9.88. The number of rotatable bonds is 2. The summed E-state index contributed by atoms with van der Waals surface area (Å²) in [4.78, 5) is 0. The molecule has 1 aromatic rings. The molecule has 2 rings (SSSR count). The second-order valence-corrected chi connectivity index (χ2v) is 4.49. The Labute approximate surface area is 104 Å². The molecule has 3 heteroatoms. The van der Waals surface area contributed by atoms with E-state index in [-0.39, 0.29) is 12.4 Å². The molecular formula is C13H20ClNO. The molecule has 0 spiro atoms. The number of ether oxygens (including phenoxy) is 1. The summed E-state index contributed by atoms with van der Waals surface area (Å²) in [6.45, 7) is 5.59. The van der Waals surface area contributed by atoms with Crippen LogP contribution in [0.25, 0.3) is 0 Å². The van der Waals surface area contributed by atoms with Crippen LogP contribution in [0.3, 0.4) is 0 Å². The maximum Gasteiger partial charge on any atom is 0.119 e. The minimum atomic E-state index is 0. The first-order valence-electron chi connectivity index (χ1n) is 5.62. The average molecular weight is 242 g/mol. The van der Waals surface area contributed by atoms with Gasteiger partial charge in [-0.2, -0.15) is 0 Å². The number of fused-ring (bicyclic) bond motifs is 1. The van der Waals surface area contributed by atoms with Crippen LogP contribution in [0.5, 0.6) is 5.75 Å². The summed E-state index contributed by atoms with van der Waals surface area (Å²) in [6.07, 6.45) is 1.11. The fourth-order valence-corrected chi connectivity index (χ4v) is 2.30. The van der Waals surface area contributed by atoms with Crippen molar-refractivity contribution in [3.63, 3.8) is 0 Å². The predicted molar refractivity (Wildman–Crippen MR) is 69.5 cm³/mol. The van der Waals surface area contributed by atoms with Gasteiger partial charge in [0.25, 0.3) is 0 Å². The molecule has 1 atom stereocenters. The highest BCUT2D eigenvalue weighted by Gasteiger charge is 2.22. The van der Waals surface area contributed by atoms with Crippen molar-refractivity contribution in [2.24, 2.45) is 5.92 Å². The van der Waals surface area contributed by atoms with Crippen molar-refractivity contribution in [3.8, 4) is 5.75 Å². The minimum Gasteiger partial charge on any atom is -0.497 e. The molecule has 0 saturated heterocycles. The van der Waals surface area contributed by atoms with E-state index in [4.69, 9.17) is 4.74 Å². The lowest BCUT2D eigenvalue weighted by molar-refractivity contribution is 0.389. The zero-order valence-electron chi connectivity index (χ0n) is 10.1. The summed E-state index contributed by atoms with van der Waals surface area (Å²) in [5.41, 5.74) is 2.88. The van der Waals surface area contributed by atoms with Gasteiger partial charge in [-0.3, -0.25) is 0 Å². The molecule has 1 N–H and O–H groups in total. The van der Waals surface area contributed by atoms with Gasteiger partial charge in [-0.05, 0) is 42.1 Å². The summed E-state index contributed by atoms with van der Waals surface area (Å²) in [7, 11) is 1.72. The van der Waals surface area contributed by atoms with Gasteiger partial charge in [0.1, 0.15) is 5.75 Å². The van der Waals surface area contributed by atoms with E-state index in [1.54, 1.807) is 7.11 Å². The van der Waals surface area contributed by atoms with Gasteiger partial charge in [-0.25, -0.2) is 0 Å². The summed E-state index contributed by atoms with van der Waals surface area (Å²) in [5.74, 6) is 1.61. The number of nitrogens with one attached hydrogen (secondary N) is 1. The van der Waals surface area contributed by atoms with Crippen LogP contribution in [0.1, 0.15) is 31.0 Å². The number of benzene rings is 1. The van der Waals surface area contributed by atoms with Gasteiger partial charge < -0.3 is 10.1 Å². The second-order valence-electron chi connectivity index (χ2n) is 4.49. The smallest absolute Gasteiger partial charge is 0.119 e. The lowest BCUT2D eigenvalue weighted by Crippen LogP contribution is -2.32. The molecule has 1 aromatic carbocycles. The third-order valence-electron chi connectivity index (χ3n) is 3.11. The van der Waals surface area contributed by atoms with Crippen LogP contribution >= 0.6 is 12.4 Å². The first kappa shape index (κ1) is 13.3. The molecule has 16 heavy (non-hydrogen) atoms. The van der Waals surface area contributed by atoms with Crippen LogP contribution in [-0.2, 0) is 6.42 Å². The zero-order chi connectivity index (χ0) is 10.8. The maximum atomic E-state index is 5.26. The molecule has 0 bridgehead atoms. The SMILES string of the molecule is COc1ccc2c(c1)CCNC2C(C)C.Cl. The molecule has 0 saturated carbocycles. The Morgan fingerprint density at radius 3 is 2.75 bits per heavy atom. The topological polar surface area (TPSA) is 21.3 Å². The first-order valence-corrected chi connectivity index (χ1v) is 5.62. The van der Waals surface area contributed by atoms with E-state index < -0.39 is 0 Å². The fraction of sp³-hybridized carbons (Fsp3) is 0.538. The van der Waals surface area contributed by atoms with Gasteiger partial charge in [0, 0.05) is 6.04 Å². The molecule has 0 fully saturated rings. The van der Waals surface area contributed by atoms with Crippen molar-refractivity contribution in [3.05, 3.63) is 29.3 Å². The van der Waals surface area contributed by atoms with Gasteiger partial charge in [-0.15, -0.1) is 12.4 Å². The highest BCUT2D eigenvalue weighted by Crippen LogP contribution is 2.30. The van der Waals surface area contributed by atoms with E-state index in [1.807, 2.05) is 0 Å². The van der Waals surface area contributed by atoms with Gasteiger partial charge in [-0.1, -0.05) is 19.9 Å². The van der Waals surface area contributed by atoms with Crippen LogP contribution in [0.2, 0.25) is 0 Å². The molecule has 90 valence electrons. The van der Waals surface area contributed by atoms with Gasteiger partial charge >= 0.3 is 0 Å². The molecule has 1 aliphatic heterocycles. The molecular weight excluding hydrogens is 222 g/mol. The van der Waals surface area contributed by atoms with Crippen LogP contribution in [0, 0.1) is 5.92 Å². The van der Waals surface area contributed by atoms with Crippen molar-refractivity contribution in [2.45, 2.75) is 26.3 Å². The molecule has 0 aliphatic carbocycles. The Kier molecular flexibility index (Phi) is 4.63. The highest BCUT2D eigenvalue weighted by molar-refractivity contribution is 5.85. The summed E-state index contributed by atoms with van der Waals surface area (Å²) in [5, 5.41) is 3.57. The first-order chi connectivity index (χ1) is 7.22. The normalized spacial score (nSPS) is 18.9. The van der Waals surface area contributed by atoms with Crippen molar-refractivity contribution in [1.29, 1.82) is 0 Å². The molecule has 0 amide bonds. The quantitative estimate of drug-likeness (QED) is 0.860. The Balaban J connectivity index is 0.00000128. The number of methoxy groups -OCH3 is 1. The van der Waals surface area contributed by atoms with Gasteiger partial charge in [0.2, 0.25) is 0 Å². The fourth-order valence-electron chi connectivity index (χ4n) is 2.30. The van der Waals surface area contributed by atoms with E-state index in [1.165, 1.54) is 11.1 Å². The summed E-state index contributed by atoms with van der Waals surface area (Å²) in [6, 6.07) is 6.93. The maximum absolute atomic E-state index is 5.26. The van der Waals surface area contributed by atoms with Crippen molar-refractivity contribution < 1.29 is 4.74 Å². The van der Waals surface area contributed by atoms with E-state index in [0.29, 0.717) is 12.0 Å². The molecule has 1 heterocycles. The Morgan fingerprint density at radius 2 is 2.12 bits per heavy atom. The number of hydrogen-bond acceptors (Lipinski definition) is 2. The Hall–Kier alpha value is -0.730. The van der Waals surface area contributed by atoms with Crippen LogP contribution in [0.4, 0.5) is 0 Å². The molecule has 1 aliphatic rings. The molecule has 0 radical (unpaired) electrons. The molecule has 0 aromatic heterocycles. The monoisotopic (exact) mass is 241 g/mol. The third-order valence-corrected chi connectivity index (χ3v) is 3.11. The number of hydrogen-bond donors (Lipinski definition) is 1. The second kappa shape index (κ2) is 5.55. The zero-order valence-corrected chi connectivity index (χ0v) is 10.9. The van der Waals surface area contributed by atoms with Crippen LogP contribution < -0.4 is 10.1 Å².